The third-order valence-electron chi connectivity index (χ3n) is 2.58. The lowest BCUT2D eigenvalue weighted by Gasteiger charge is -2.14. The summed E-state index contributed by atoms with van der Waals surface area (Å²) >= 11 is 0. The molecule has 0 aromatic heterocycles. The van der Waals surface area contributed by atoms with E-state index >= 15 is 0 Å². The number of benzene rings is 1. The molecule has 0 fully saturated rings. The molecule has 112 valence electrons. The molecule has 21 heavy (non-hydrogen) atoms. The summed E-state index contributed by atoms with van der Waals surface area (Å²) in [5.41, 5.74) is 0.141. The van der Waals surface area contributed by atoms with Crippen LogP contribution in [0.15, 0.2) is 18.2 Å². The Balaban J connectivity index is 2.58. The summed E-state index contributed by atoms with van der Waals surface area (Å²) in [6, 6.07) is 4.48. The number of carboxylic acids is 1. The molecule has 8 heteroatoms. The number of nitrogens with one attached hydrogen (secondary N) is 2. The Hall–Kier alpha value is -2.66. The lowest BCUT2D eigenvalue weighted by Crippen LogP contribution is -2.37. The van der Waals surface area contributed by atoms with Crippen LogP contribution in [0.4, 0.5) is 14.9 Å². The average Bonchev–Trinajstić information content (AvgIpc) is 2.44. The van der Waals surface area contributed by atoms with Gasteiger partial charge in [0.05, 0.1) is 23.8 Å². The fourth-order valence-electron chi connectivity index (χ4n) is 1.52. The zero-order valence-electron chi connectivity index (χ0n) is 11.2. The molecule has 1 rings (SSSR count). The number of amides is 2. The molecule has 1 atom stereocenters. The van der Waals surface area contributed by atoms with Crippen LogP contribution in [0, 0.1) is 17.1 Å². The van der Waals surface area contributed by atoms with Crippen LogP contribution in [-0.2, 0) is 9.53 Å². The maximum atomic E-state index is 12.9. The fourth-order valence-corrected chi connectivity index (χ4v) is 1.52. The number of nitrogens with zero attached hydrogens (tertiary/aromatic N) is 1. The van der Waals surface area contributed by atoms with Gasteiger partial charge in [-0.3, -0.25) is 4.79 Å². The second-order valence-electron chi connectivity index (χ2n) is 4.09. The number of carboxylic acid groups (broad SMARTS) is 1. The number of urea groups is 1. The summed E-state index contributed by atoms with van der Waals surface area (Å²) in [5, 5.41) is 22.3. The zero-order valence-corrected chi connectivity index (χ0v) is 11.2. The third-order valence-corrected chi connectivity index (χ3v) is 2.58. The number of carbonyl (C=O) groups is 2. The SMILES string of the molecule is COC(CNC(=O)Nc1ccc(F)cc1C#N)CC(=O)O. The van der Waals surface area contributed by atoms with E-state index in [-0.39, 0.29) is 24.2 Å². The Morgan fingerprint density at radius 2 is 2.24 bits per heavy atom. The highest BCUT2D eigenvalue weighted by Gasteiger charge is 2.14. The number of hydrogen-bond donors (Lipinski definition) is 3. The summed E-state index contributed by atoms with van der Waals surface area (Å²) in [7, 11) is 1.33. The van der Waals surface area contributed by atoms with Crippen molar-refractivity contribution in [2.45, 2.75) is 12.5 Å². The molecule has 0 bridgehead atoms. The predicted molar refractivity (Wildman–Crippen MR) is 71.2 cm³/mol. The van der Waals surface area contributed by atoms with Gasteiger partial charge in [-0.25, -0.2) is 9.18 Å². The topological polar surface area (TPSA) is 111 Å². The van der Waals surface area contributed by atoms with E-state index in [2.05, 4.69) is 10.6 Å². The smallest absolute Gasteiger partial charge is 0.319 e. The standard InChI is InChI=1S/C13H14FN3O4/c1-21-10(5-12(18)19)7-16-13(20)17-11-3-2-9(14)4-8(11)6-15/h2-4,10H,5,7H2,1H3,(H,18,19)(H2,16,17,20). The number of aliphatic carboxylic acids is 1. The molecule has 1 aromatic carbocycles. The molecule has 2 amide bonds. The first-order valence-electron chi connectivity index (χ1n) is 5.95. The molecule has 1 aromatic rings. The quantitative estimate of drug-likeness (QED) is 0.732. The first-order chi connectivity index (χ1) is 9.96. The molecule has 0 radical (unpaired) electrons. The number of anilines is 1. The second kappa shape index (κ2) is 7.81. The van der Waals surface area contributed by atoms with Crippen molar-refractivity contribution < 1.29 is 23.8 Å². The number of nitriles is 1. The highest BCUT2D eigenvalue weighted by Crippen LogP contribution is 2.15. The maximum absolute atomic E-state index is 12.9. The summed E-state index contributed by atoms with van der Waals surface area (Å²) in [4.78, 5) is 22.2. The normalized spacial score (nSPS) is 11.3. The molecular formula is C13H14FN3O4. The van der Waals surface area contributed by atoms with Gasteiger partial charge in [0.1, 0.15) is 11.9 Å². The maximum Gasteiger partial charge on any atom is 0.319 e. The number of methoxy groups -OCH3 is 1. The average molecular weight is 295 g/mol. The van der Waals surface area contributed by atoms with E-state index in [0.717, 1.165) is 12.1 Å². The van der Waals surface area contributed by atoms with Gasteiger partial charge in [0, 0.05) is 13.7 Å². The highest BCUT2D eigenvalue weighted by atomic mass is 19.1. The minimum absolute atomic E-state index is 0.0148. The van der Waals surface area contributed by atoms with E-state index in [0.29, 0.717) is 0 Å². The van der Waals surface area contributed by atoms with Gasteiger partial charge in [-0.15, -0.1) is 0 Å². The molecule has 7 nitrogen and oxygen atoms in total. The minimum atomic E-state index is -1.05. The summed E-state index contributed by atoms with van der Waals surface area (Å²) in [6.07, 6.45) is -0.923. The van der Waals surface area contributed by atoms with Gasteiger partial charge >= 0.3 is 12.0 Å². The number of hydrogen-bond acceptors (Lipinski definition) is 4. The van der Waals surface area contributed by atoms with Crippen LogP contribution in [0.2, 0.25) is 0 Å². The van der Waals surface area contributed by atoms with Crippen LogP contribution in [0.3, 0.4) is 0 Å². The lowest BCUT2D eigenvalue weighted by atomic mass is 10.2. The van der Waals surface area contributed by atoms with Crippen molar-refractivity contribution in [1.29, 1.82) is 5.26 Å². The zero-order chi connectivity index (χ0) is 15.8. The second-order valence-corrected chi connectivity index (χ2v) is 4.09. The van der Waals surface area contributed by atoms with E-state index in [1.54, 1.807) is 6.07 Å². The van der Waals surface area contributed by atoms with E-state index in [9.17, 15) is 14.0 Å². The Morgan fingerprint density at radius 3 is 2.81 bits per heavy atom. The van der Waals surface area contributed by atoms with Crippen molar-refractivity contribution >= 4 is 17.7 Å². The molecule has 0 aliphatic heterocycles. The first kappa shape index (κ1) is 16.4. The van der Waals surface area contributed by atoms with Gasteiger partial charge in [0.25, 0.3) is 0 Å². The third kappa shape index (κ3) is 5.46. The van der Waals surface area contributed by atoms with Crippen LogP contribution in [0.1, 0.15) is 12.0 Å². The molecule has 0 heterocycles. The fraction of sp³-hybridized carbons (Fsp3) is 0.308. The van der Waals surface area contributed by atoms with Crippen LogP contribution >= 0.6 is 0 Å². The lowest BCUT2D eigenvalue weighted by molar-refractivity contribution is -0.139. The molecule has 0 aliphatic carbocycles. The number of rotatable bonds is 6. The van der Waals surface area contributed by atoms with Gasteiger partial charge in [-0.05, 0) is 18.2 Å². The van der Waals surface area contributed by atoms with Crippen molar-refractivity contribution in [2.75, 3.05) is 19.0 Å². The Kier molecular flexibility index (Phi) is 6.10. The molecule has 0 saturated carbocycles. The first-order valence-corrected chi connectivity index (χ1v) is 5.95. The van der Waals surface area contributed by atoms with E-state index in [1.807, 2.05) is 0 Å². The summed E-state index contributed by atoms with van der Waals surface area (Å²) < 4.78 is 17.8. The van der Waals surface area contributed by atoms with Crippen molar-refractivity contribution in [2.24, 2.45) is 0 Å². The number of carbonyl (C=O) groups excluding carboxylic acids is 1. The van der Waals surface area contributed by atoms with Gasteiger partial charge in [0.2, 0.25) is 0 Å². The van der Waals surface area contributed by atoms with Crippen molar-refractivity contribution in [3.8, 4) is 6.07 Å². The van der Waals surface area contributed by atoms with Crippen LogP contribution < -0.4 is 10.6 Å². The highest BCUT2D eigenvalue weighted by molar-refractivity contribution is 5.90. The van der Waals surface area contributed by atoms with E-state index in [1.165, 1.54) is 13.2 Å². The summed E-state index contributed by atoms with van der Waals surface area (Å²) in [5.74, 6) is -1.63. The molecule has 0 saturated heterocycles. The largest absolute Gasteiger partial charge is 0.481 e. The van der Waals surface area contributed by atoms with Gasteiger partial charge in [-0.1, -0.05) is 0 Å². The van der Waals surface area contributed by atoms with Crippen LogP contribution in [0.25, 0.3) is 0 Å². The molecule has 3 N–H and O–H groups in total. The predicted octanol–water partition coefficient (Wildman–Crippen LogP) is 1.31. The van der Waals surface area contributed by atoms with Gasteiger partial charge in [-0.2, -0.15) is 5.26 Å². The van der Waals surface area contributed by atoms with Crippen molar-refractivity contribution in [3.05, 3.63) is 29.6 Å². The Morgan fingerprint density at radius 1 is 1.52 bits per heavy atom. The Labute approximate surface area is 120 Å². The van der Waals surface area contributed by atoms with E-state index in [4.69, 9.17) is 15.1 Å². The van der Waals surface area contributed by atoms with E-state index < -0.39 is 23.9 Å². The van der Waals surface area contributed by atoms with Gasteiger partial charge in [0.15, 0.2) is 0 Å². The monoisotopic (exact) mass is 295 g/mol. The molecule has 0 aliphatic rings. The van der Waals surface area contributed by atoms with Crippen molar-refractivity contribution in [3.63, 3.8) is 0 Å². The number of ether oxygens (including phenoxy) is 1. The van der Waals surface area contributed by atoms with Gasteiger partial charge < -0.3 is 20.5 Å². The summed E-state index contributed by atoms with van der Waals surface area (Å²) in [6.45, 7) is -0.0162. The minimum Gasteiger partial charge on any atom is -0.481 e. The van der Waals surface area contributed by atoms with Crippen molar-refractivity contribution in [1.82, 2.24) is 5.32 Å². The van der Waals surface area contributed by atoms with Crippen LogP contribution in [-0.4, -0.2) is 36.9 Å². The molecule has 1 unspecified atom stereocenters. The Bertz CT molecular complexity index is 571. The molecular weight excluding hydrogens is 281 g/mol. The number of halogens is 1. The van der Waals surface area contributed by atoms with Crippen LogP contribution in [0.5, 0.6) is 0 Å². The molecule has 0 spiro atoms.